The molecule has 4 atom stereocenters. The van der Waals surface area contributed by atoms with Crippen molar-refractivity contribution in [2.45, 2.75) is 89.2 Å². The lowest BCUT2D eigenvalue weighted by atomic mass is 9.53. The molecule has 8 nitrogen and oxygen atoms in total. The maximum atomic E-state index is 13.2. The lowest BCUT2D eigenvalue weighted by molar-refractivity contribution is -0.276. The van der Waals surface area contributed by atoms with E-state index in [9.17, 15) is 9.90 Å². The smallest absolute Gasteiger partial charge is 0.315 e. The van der Waals surface area contributed by atoms with Gasteiger partial charge in [0.1, 0.15) is 0 Å². The van der Waals surface area contributed by atoms with Crippen LogP contribution in [0.4, 0.5) is 4.79 Å². The molecule has 4 saturated carbocycles. The first kappa shape index (κ1) is 37.5. The number of ether oxygens (including phenoxy) is 2. The molecule has 2 heterocycles. The number of rotatable bonds is 11. The lowest BCUT2D eigenvalue weighted by Crippen LogP contribution is -2.61. The van der Waals surface area contributed by atoms with E-state index in [0.29, 0.717) is 6.54 Å². The molecule has 294 valence electrons. The van der Waals surface area contributed by atoms with Crippen molar-refractivity contribution in [2.75, 3.05) is 32.7 Å². The van der Waals surface area contributed by atoms with E-state index in [0.717, 1.165) is 110 Å². The second-order valence-corrected chi connectivity index (χ2v) is 17.7. The number of nitrogens with one attached hydrogen (secondary N) is 2. The molecule has 4 bridgehead atoms. The summed E-state index contributed by atoms with van der Waals surface area (Å²) in [6.07, 6.45) is 6.90. The minimum atomic E-state index is -0.504. The SMILES string of the molecule is C[C@@H]1[C@H](CN2CCN(Cc3ccccc3)CC2)O[C@H](c2ccc(-c3cccc(CNC(=O)NC45CC6CC(CC(C6)C4)C5)c3)cc2)O[C@@H]1c1ccc(CO)cc1. The third kappa shape index (κ3) is 8.46. The predicted molar refractivity (Wildman–Crippen MR) is 219 cm³/mol. The topological polar surface area (TPSA) is 86.3 Å². The first-order valence-electron chi connectivity index (χ1n) is 21.1. The van der Waals surface area contributed by atoms with Gasteiger partial charge >= 0.3 is 6.03 Å². The van der Waals surface area contributed by atoms with Gasteiger partial charge in [0, 0.05) is 62.8 Å². The van der Waals surface area contributed by atoms with Gasteiger partial charge in [0.25, 0.3) is 0 Å². The highest BCUT2D eigenvalue weighted by Crippen LogP contribution is 2.55. The van der Waals surface area contributed by atoms with E-state index in [1.807, 2.05) is 12.1 Å². The summed E-state index contributed by atoms with van der Waals surface area (Å²) >= 11 is 0. The molecule has 3 N–H and O–H groups in total. The number of aliphatic hydroxyl groups excluding tert-OH is 1. The summed E-state index contributed by atoms with van der Waals surface area (Å²) in [6, 6.07) is 35.9. The molecule has 0 aromatic heterocycles. The fourth-order valence-corrected chi connectivity index (χ4v) is 11.0. The molecular formula is C48H58N4O4. The molecule has 4 aromatic rings. The monoisotopic (exact) mass is 754 g/mol. The Balaban J connectivity index is 0.848. The molecule has 6 aliphatic rings. The van der Waals surface area contributed by atoms with Gasteiger partial charge in [-0.3, -0.25) is 9.80 Å². The summed E-state index contributed by atoms with van der Waals surface area (Å²) in [6.45, 7) is 8.70. The normalized spacial score (nSPS) is 30.3. The molecule has 0 radical (unpaired) electrons. The van der Waals surface area contributed by atoms with E-state index in [-0.39, 0.29) is 36.3 Å². The molecule has 56 heavy (non-hydrogen) atoms. The number of carbonyl (C=O) groups excluding carboxylic acids is 1. The third-order valence-electron chi connectivity index (χ3n) is 13.6. The van der Waals surface area contributed by atoms with Crippen LogP contribution in [-0.2, 0) is 29.2 Å². The van der Waals surface area contributed by atoms with Crippen molar-refractivity contribution in [1.82, 2.24) is 20.4 Å². The van der Waals surface area contributed by atoms with Gasteiger partial charge in [0.2, 0.25) is 0 Å². The van der Waals surface area contributed by atoms with Crippen LogP contribution in [0.1, 0.15) is 85.7 Å². The predicted octanol–water partition coefficient (Wildman–Crippen LogP) is 8.22. The summed E-state index contributed by atoms with van der Waals surface area (Å²) in [7, 11) is 0. The first-order valence-corrected chi connectivity index (χ1v) is 21.1. The maximum absolute atomic E-state index is 13.2. The fraction of sp³-hybridized carbons (Fsp3) is 0.479. The second kappa shape index (κ2) is 16.4. The van der Waals surface area contributed by atoms with Crippen molar-refractivity contribution < 1.29 is 19.4 Å². The maximum Gasteiger partial charge on any atom is 0.315 e. The first-order chi connectivity index (χ1) is 27.4. The molecule has 0 unspecified atom stereocenters. The van der Waals surface area contributed by atoms with Gasteiger partial charge in [0.15, 0.2) is 6.29 Å². The molecule has 2 amide bonds. The van der Waals surface area contributed by atoms with E-state index in [2.05, 4.69) is 118 Å². The number of hydrogen-bond acceptors (Lipinski definition) is 6. The van der Waals surface area contributed by atoms with Gasteiger partial charge in [0.05, 0.1) is 18.8 Å². The largest absolute Gasteiger partial charge is 0.392 e. The molecule has 4 aromatic carbocycles. The summed E-state index contributed by atoms with van der Waals surface area (Å²) in [5.74, 6) is 2.54. The summed E-state index contributed by atoms with van der Waals surface area (Å²) in [5.41, 5.74) is 7.67. The number of carbonyl (C=O) groups is 1. The molecule has 8 heteroatoms. The van der Waals surface area contributed by atoms with Crippen LogP contribution in [0.15, 0.2) is 103 Å². The van der Waals surface area contributed by atoms with E-state index < -0.39 is 6.29 Å². The molecular weight excluding hydrogens is 697 g/mol. The molecule has 10 rings (SSSR count). The Morgan fingerprint density at radius 2 is 1.36 bits per heavy atom. The van der Waals surface area contributed by atoms with Crippen LogP contribution in [0.3, 0.4) is 0 Å². The summed E-state index contributed by atoms with van der Waals surface area (Å²) in [4.78, 5) is 18.2. The van der Waals surface area contributed by atoms with Crippen molar-refractivity contribution in [3.63, 3.8) is 0 Å². The Bertz CT molecular complexity index is 1890. The Morgan fingerprint density at radius 3 is 2.04 bits per heavy atom. The van der Waals surface area contributed by atoms with Crippen LogP contribution in [0.2, 0.25) is 0 Å². The number of hydrogen-bond donors (Lipinski definition) is 3. The van der Waals surface area contributed by atoms with Crippen LogP contribution >= 0.6 is 0 Å². The average molecular weight is 755 g/mol. The van der Waals surface area contributed by atoms with Crippen LogP contribution in [0.5, 0.6) is 0 Å². The number of urea groups is 1. The summed E-state index contributed by atoms with van der Waals surface area (Å²) in [5, 5.41) is 16.3. The van der Waals surface area contributed by atoms with Crippen molar-refractivity contribution in [1.29, 1.82) is 0 Å². The summed E-state index contributed by atoms with van der Waals surface area (Å²) < 4.78 is 13.6. The zero-order valence-electron chi connectivity index (χ0n) is 32.8. The minimum Gasteiger partial charge on any atom is -0.392 e. The van der Waals surface area contributed by atoms with Crippen LogP contribution in [-0.4, -0.2) is 65.3 Å². The van der Waals surface area contributed by atoms with Crippen LogP contribution in [0, 0.1) is 23.7 Å². The van der Waals surface area contributed by atoms with Gasteiger partial charge in [-0.2, -0.15) is 0 Å². The fourth-order valence-electron chi connectivity index (χ4n) is 11.0. The van der Waals surface area contributed by atoms with Gasteiger partial charge in [-0.15, -0.1) is 0 Å². The molecule has 2 aliphatic heterocycles. The van der Waals surface area contributed by atoms with Gasteiger partial charge in [-0.1, -0.05) is 104 Å². The highest BCUT2D eigenvalue weighted by molar-refractivity contribution is 5.75. The van der Waals surface area contributed by atoms with Gasteiger partial charge in [-0.25, -0.2) is 4.79 Å². The molecule has 4 aliphatic carbocycles. The number of piperazine rings is 1. The Labute approximate surface area is 332 Å². The lowest BCUT2D eigenvalue weighted by Gasteiger charge is -2.56. The number of nitrogens with zero attached hydrogens (tertiary/aromatic N) is 2. The highest BCUT2D eigenvalue weighted by Gasteiger charge is 2.51. The van der Waals surface area contributed by atoms with E-state index in [1.54, 1.807) is 0 Å². The molecule has 2 saturated heterocycles. The number of amides is 2. The number of benzene rings is 4. The Morgan fingerprint density at radius 1 is 0.714 bits per heavy atom. The molecule has 0 spiro atoms. The Kier molecular flexibility index (Phi) is 11.0. The van der Waals surface area contributed by atoms with Crippen molar-refractivity contribution in [3.8, 4) is 11.1 Å². The zero-order chi connectivity index (χ0) is 38.1. The zero-order valence-corrected chi connectivity index (χ0v) is 32.8. The Hall–Kier alpha value is -4.05. The molecule has 6 fully saturated rings. The standard InChI is InChI=1S/C48H58N4O4/c1-33-44(31-52-20-18-51(19-21-52)30-34-6-3-2-4-7-34)55-46(56-45(33)41-12-10-35(32-53)11-13-41)42-16-14-40(15-17-42)43-9-5-8-36(25-43)29-49-47(54)50-48-26-37-22-38(27-48)24-39(23-37)28-48/h2-17,25,33,37-39,44-46,53H,18-24,26-32H2,1H3,(H2,49,50,54)/t33-,37?,38?,39?,44+,45+,46+,48?/m1/s1. The van der Waals surface area contributed by atoms with Crippen molar-refractivity contribution >= 4 is 6.03 Å². The average Bonchev–Trinajstić information content (AvgIpc) is 3.21. The van der Waals surface area contributed by atoms with Crippen molar-refractivity contribution in [2.24, 2.45) is 23.7 Å². The van der Waals surface area contributed by atoms with Crippen LogP contribution < -0.4 is 10.6 Å². The second-order valence-electron chi connectivity index (χ2n) is 17.7. The van der Waals surface area contributed by atoms with E-state index in [4.69, 9.17) is 9.47 Å². The van der Waals surface area contributed by atoms with E-state index in [1.165, 1.54) is 24.8 Å². The number of aliphatic hydroxyl groups is 1. The van der Waals surface area contributed by atoms with E-state index >= 15 is 0 Å². The van der Waals surface area contributed by atoms with Crippen LogP contribution in [0.25, 0.3) is 11.1 Å². The third-order valence-corrected chi connectivity index (χ3v) is 13.6. The minimum absolute atomic E-state index is 0.00889. The van der Waals surface area contributed by atoms with Crippen molar-refractivity contribution in [3.05, 3.63) is 131 Å². The van der Waals surface area contributed by atoms with Gasteiger partial charge in [-0.05, 0) is 95.7 Å². The van der Waals surface area contributed by atoms with Gasteiger partial charge < -0.3 is 25.2 Å². The quantitative estimate of drug-likeness (QED) is 0.143. The highest BCUT2D eigenvalue weighted by atomic mass is 16.7.